The predicted octanol–water partition coefficient (Wildman–Crippen LogP) is 5.81. The van der Waals surface area contributed by atoms with Crippen molar-refractivity contribution < 1.29 is 14.3 Å². The average Bonchev–Trinajstić information content (AvgIpc) is 2.96. The van der Waals surface area contributed by atoms with Gasteiger partial charge < -0.3 is 14.8 Å². The van der Waals surface area contributed by atoms with Crippen LogP contribution in [0.1, 0.15) is 24.5 Å². The molecule has 0 aromatic heterocycles. The highest BCUT2D eigenvalue weighted by Gasteiger charge is 2.30. The van der Waals surface area contributed by atoms with Crippen molar-refractivity contribution in [3.63, 3.8) is 0 Å². The zero-order valence-corrected chi connectivity index (χ0v) is 20.2. The van der Waals surface area contributed by atoms with Crippen molar-refractivity contribution in [3.05, 3.63) is 61.7 Å². The lowest BCUT2D eigenvalue weighted by molar-refractivity contribution is -0.122. The summed E-state index contributed by atoms with van der Waals surface area (Å²) in [6, 6.07) is 8.81. The number of carbonyl (C=O) groups is 1. The minimum Gasteiger partial charge on any atom is -0.493 e. The van der Waals surface area contributed by atoms with E-state index in [1.165, 1.54) is 0 Å². The van der Waals surface area contributed by atoms with E-state index in [2.05, 4.69) is 21.2 Å². The van der Waals surface area contributed by atoms with Gasteiger partial charge in [-0.2, -0.15) is 0 Å². The summed E-state index contributed by atoms with van der Waals surface area (Å²) >= 11 is 20.9. The molecular weight excluding hydrogens is 511 g/mol. The van der Waals surface area contributed by atoms with Crippen LogP contribution in [0.2, 0.25) is 10.0 Å². The number of carbonyl (C=O) groups excluding carboxylic acids is 1. The van der Waals surface area contributed by atoms with Crippen LogP contribution in [0, 0.1) is 0 Å². The standard InChI is InChI=1S/C21H19BrCl2N2O3S/c1-3-6-26-20(27)17(25-21(26)30)7-13-8-18(28-2)19(10-15(13)22)29-11-12-4-5-14(23)9-16(12)24/h4-5,7-10H,3,6,11H2,1-2H3,(H,25,30)/b17-7-. The van der Waals surface area contributed by atoms with Gasteiger partial charge in [0.15, 0.2) is 16.6 Å². The highest BCUT2D eigenvalue weighted by molar-refractivity contribution is 9.10. The van der Waals surface area contributed by atoms with Crippen molar-refractivity contribution in [2.24, 2.45) is 0 Å². The molecule has 1 fully saturated rings. The first kappa shape index (κ1) is 22.9. The Morgan fingerprint density at radius 3 is 2.67 bits per heavy atom. The van der Waals surface area contributed by atoms with Crippen LogP contribution in [0.15, 0.2) is 40.5 Å². The first-order valence-electron chi connectivity index (χ1n) is 9.12. The van der Waals surface area contributed by atoms with Crippen LogP contribution in [0.5, 0.6) is 11.5 Å². The zero-order valence-electron chi connectivity index (χ0n) is 16.3. The number of amides is 1. The van der Waals surface area contributed by atoms with Crippen LogP contribution in [0.4, 0.5) is 0 Å². The van der Waals surface area contributed by atoms with E-state index in [4.69, 9.17) is 44.9 Å². The van der Waals surface area contributed by atoms with Gasteiger partial charge >= 0.3 is 0 Å². The summed E-state index contributed by atoms with van der Waals surface area (Å²) in [6.45, 7) is 2.82. The molecule has 1 heterocycles. The Labute approximate surface area is 199 Å². The molecule has 5 nitrogen and oxygen atoms in total. The highest BCUT2D eigenvalue weighted by atomic mass is 79.9. The van der Waals surface area contributed by atoms with Crippen LogP contribution in [0.25, 0.3) is 6.08 Å². The van der Waals surface area contributed by atoms with Gasteiger partial charge in [-0.1, -0.05) is 52.1 Å². The number of methoxy groups -OCH3 is 1. The predicted molar refractivity (Wildman–Crippen MR) is 127 cm³/mol. The maximum Gasteiger partial charge on any atom is 0.276 e. The third-order valence-electron chi connectivity index (χ3n) is 4.39. The number of ether oxygens (including phenoxy) is 2. The summed E-state index contributed by atoms with van der Waals surface area (Å²) < 4.78 is 12.1. The van der Waals surface area contributed by atoms with E-state index in [1.807, 2.05) is 13.0 Å². The SMILES string of the molecule is CCCN1C(=O)/C(=C/c2cc(OC)c(OCc3ccc(Cl)cc3Cl)cc2Br)NC1=S. The second-order valence-electron chi connectivity index (χ2n) is 6.49. The molecule has 0 radical (unpaired) electrons. The lowest BCUT2D eigenvalue weighted by Crippen LogP contribution is -2.31. The summed E-state index contributed by atoms with van der Waals surface area (Å²) in [5, 5.41) is 4.48. The summed E-state index contributed by atoms with van der Waals surface area (Å²) in [5.41, 5.74) is 1.97. The molecule has 1 aliphatic heterocycles. The van der Waals surface area contributed by atoms with E-state index < -0.39 is 0 Å². The van der Waals surface area contributed by atoms with Gasteiger partial charge in [0, 0.05) is 26.6 Å². The second kappa shape index (κ2) is 10.0. The molecule has 158 valence electrons. The zero-order chi connectivity index (χ0) is 21.8. The lowest BCUT2D eigenvalue weighted by atomic mass is 10.1. The molecule has 3 rings (SSSR count). The van der Waals surface area contributed by atoms with Gasteiger partial charge in [-0.25, -0.2) is 0 Å². The van der Waals surface area contributed by atoms with Crippen LogP contribution in [0.3, 0.4) is 0 Å². The molecule has 1 aliphatic rings. The molecule has 2 aromatic carbocycles. The van der Waals surface area contributed by atoms with Gasteiger partial charge in [0.2, 0.25) is 0 Å². The number of rotatable bonds is 7. The number of thiocarbonyl (C=S) groups is 1. The quantitative estimate of drug-likeness (QED) is 0.362. The number of nitrogens with zero attached hydrogens (tertiary/aromatic N) is 1. The largest absolute Gasteiger partial charge is 0.493 e. The topological polar surface area (TPSA) is 50.8 Å². The van der Waals surface area contributed by atoms with Gasteiger partial charge in [-0.3, -0.25) is 9.69 Å². The average molecular weight is 530 g/mol. The Morgan fingerprint density at radius 2 is 2.00 bits per heavy atom. The van der Waals surface area contributed by atoms with E-state index >= 15 is 0 Å². The Morgan fingerprint density at radius 1 is 1.23 bits per heavy atom. The Hall–Kier alpha value is -1.80. The van der Waals surface area contributed by atoms with E-state index in [9.17, 15) is 4.79 Å². The van der Waals surface area contributed by atoms with E-state index in [1.54, 1.807) is 42.4 Å². The van der Waals surface area contributed by atoms with Gasteiger partial charge in [-0.05, 0) is 54.5 Å². The molecule has 1 N–H and O–H groups in total. The highest BCUT2D eigenvalue weighted by Crippen LogP contribution is 2.36. The van der Waals surface area contributed by atoms with Crippen LogP contribution < -0.4 is 14.8 Å². The number of halogens is 3. The second-order valence-corrected chi connectivity index (χ2v) is 8.58. The Balaban J connectivity index is 1.84. The van der Waals surface area contributed by atoms with Gasteiger partial charge in [-0.15, -0.1) is 0 Å². The van der Waals surface area contributed by atoms with E-state index in [-0.39, 0.29) is 12.5 Å². The molecule has 1 saturated heterocycles. The third kappa shape index (κ3) is 5.09. The van der Waals surface area contributed by atoms with Crippen LogP contribution in [-0.2, 0) is 11.4 Å². The molecular formula is C21H19BrCl2N2O3S. The maximum absolute atomic E-state index is 12.6. The molecule has 9 heteroatoms. The first-order chi connectivity index (χ1) is 14.3. The molecule has 0 atom stereocenters. The third-order valence-corrected chi connectivity index (χ3v) is 5.99. The molecule has 0 spiro atoms. The maximum atomic E-state index is 12.6. The van der Waals surface area contributed by atoms with Crippen LogP contribution >= 0.6 is 51.3 Å². The molecule has 0 saturated carbocycles. The molecule has 30 heavy (non-hydrogen) atoms. The van der Waals surface area contributed by atoms with Crippen LogP contribution in [-0.4, -0.2) is 29.6 Å². The molecule has 0 bridgehead atoms. The summed E-state index contributed by atoms with van der Waals surface area (Å²) in [7, 11) is 1.55. The fourth-order valence-corrected chi connectivity index (χ4v) is 4.07. The van der Waals surface area contributed by atoms with E-state index in [0.29, 0.717) is 38.9 Å². The first-order valence-corrected chi connectivity index (χ1v) is 11.1. The van der Waals surface area contributed by atoms with Crippen molar-refractivity contribution in [3.8, 4) is 11.5 Å². The van der Waals surface area contributed by atoms with Gasteiger partial charge in [0.1, 0.15) is 12.3 Å². The fraction of sp³-hybridized carbons (Fsp3) is 0.238. The monoisotopic (exact) mass is 528 g/mol. The molecule has 0 aliphatic carbocycles. The number of hydrogen-bond acceptors (Lipinski definition) is 4. The van der Waals surface area contributed by atoms with Gasteiger partial charge in [0.05, 0.1) is 7.11 Å². The fourth-order valence-electron chi connectivity index (χ4n) is 2.88. The molecule has 2 aromatic rings. The minimum atomic E-state index is -0.148. The number of hydrogen-bond donors (Lipinski definition) is 1. The molecule has 0 unspecified atom stereocenters. The minimum absolute atomic E-state index is 0.148. The molecule has 1 amide bonds. The number of nitrogens with one attached hydrogen (secondary N) is 1. The summed E-state index contributed by atoms with van der Waals surface area (Å²) in [5.74, 6) is 0.908. The Kier molecular flexibility index (Phi) is 7.63. The normalized spacial score (nSPS) is 15.0. The van der Waals surface area contributed by atoms with Crippen molar-refractivity contribution in [1.82, 2.24) is 10.2 Å². The van der Waals surface area contributed by atoms with E-state index in [0.717, 1.165) is 22.0 Å². The van der Waals surface area contributed by atoms with Gasteiger partial charge in [0.25, 0.3) is 5.91 Å². The van der Waals surface area contributed by atoms with Crippen molar-refractivity contribution in [2.75, 3.05) is 13.7 Å². The Bertz CT molecular complexity index is 1030. The van der Waals surface area contributed by atoms with Crippen molar-refractivity contribution in [1.29, 1.82) is 0 Å². The smallest absolute Gasteiger partial charge is 0.276 e. The lowest BCUT2D eigenvalue weighted by Gasteiger charge is -2.14. The summed E-state index contributed by atoms with van der Waals surface area (Å²) in [6.07, 6.45) is 2.55. The van der Waals surface area contributed by atoms with Crippen molar-refractivity contribution in [2.45, 2.75) is 20.0 Å². The summed E-state index contributed by atoms with van der Waals surface area (Å²) in [4.78, 5) is 14.1. The number of benzene rings is 2. The van der Waals surface area contributed by atoms with Crippen molar-refractivity contribution >= 4 is 68.4 Å².